The minimum absolute atomic E-state index is 0.0331. The first-order valence-corrected chi connectivity index (χ1v) is 12.1. The van der Waals surface area contributed by atoms with E-state index in [9.17, 15) is 18.0 Å². The van der Waals surface area contributed by atoms with Crippen LogP contribution in [0.1, 0.15) is 5.56 Å². The van der Waals surface area contributed by atoms with Crippen LogP contribution in [0, 0.1) is 0 Å². The largest absolute Gasteiger partial charge is 0.482 e. The van der Waals surface area contributed by atoms with E-state index in [1.165, 1.54) is 31.5 Å². The molecule has 0 saturated heterocycles. The molecule has 0 radical (unpaired) electrons. The summed E-state index contributed by atoms with van der Waals surface area (Å²) in [5.74, 6) is -0.696. The number of esters is 1. The van der Waals surface area contributed by atoms with Gasteiger partial charge in [-0.15, -0.1) is 0 Å². The van der Waals surface area contributed by atoms with E-state index in [2.05, 4.69) is 15.3 Å². The number of halogens is 1. The summed E-state index contributed by atoms with van der Waals surface area (Å²) in [5, 5.41) is 4.22. The summed E-state index contributed by atoms with van der Waals surface area (Å²) in [7, 11) is -2.78. The maximum absolute atomic E-state index is 13.2. The average Bonchev–Trinajstić information content (AvgIpc) is 2.87. The topological polar surface area (TPSA) is 114 Å². The molecular formula is C24H22ClN3O6S. The first-order chi connectivity index (χ1) is 16.8. The van der Waals surface area contributed by atoms with E-state index >= 15 is 0 Å². The Morgan fingerprint density at radius 1 is 1.03 bits per heavy atom. The molecule has 1 amide bonds. The van der Waals surface area contributed by atoms with Crippen molar-refractivity contribution in [1.82, 2.24) is 5.43 Å². The Hall–Kier alpha value is -3.89. The van der Waals surface area contributed by atoms with Gasteiger partial charge in [0.1, 0.15) is 12.3 Å². The van der Waals surface area contributed by atoms with Gasteiger partial charge in [0.15, 0.2) is 6.61 Å². The molecule has 3 aromatic carbocycles. The monoisotopic (exact) mass is 515 g/mol. The third-order valence-electron chi connectivity index (χ3n) is 4.58. The molecule has 0 aliphatic carbocycles. The molecule has 0 saturated carbocycles. The molecule has 1 N–H and O–H groups in total. The van der Waals surface area contributed by atoms with Gasteiger partial charge in [-0.05, 0) is 60.2 Å². The van der Waals surface area contributed by atoms with Crippen LogP contribution in [0.4, 0.5) is 5.69 Å². The van der Waals surface area contributed by atoms with Crippen LogP contribution >= 0.6 is 11.6 Å². The van der Waals surface area contributed by atoms with Gasteiger partial charge >= 0.3 is 5.97 Å². The Morgan fingerprint density at radius 3 is 2.40 bits per heavy atom. The first kappa shape index (κ1) is 25.7. The van der Waals surface area contributed by atoms with E-state index in [0.29, 0.717) is 16.3 Å². The lowest BCUT2D eigenvalue weighted by atomic mass is 10.2. The Labute approximate surface area is 208 Å². The highest BCUT2D eigenvalue weighted by molar-refractivity contribution is 7.92. The van der Waals surface area contributed by atoms with E-state index in [-0.39, 0.29) is 17.2 Å². The normalized spacial score (nSPS) is 11.1. The lowest BCUT2D eigenvalue weighted by molar-refractivity contribution is -0.142. The highest BCUT2D eigenvalue weighted by Crippen LogP contribution is 2.25. The molecule has 0 bridgehead atoms. The number of anilines is 1. The van der Waals surface area contributed by atoms with Gasteiger partial charge in [0.2, 0.25) is 0 Å². The fourth-order valence-electron chi connectivity index (χ4n) is 2.86. The summed E-state index contributed by atoms with van der Waals surface area (Å²) < 4.78 is 37.2. The van der Waals surface area contributed by atoms with Crippen molar-refractivity contribution in [1.29, 1.82) is 0 Å². The summed E-state index contributed by atoms with van der Waals surface area (Å²) in [5.41, 5.74) is 3.21. The van der Waals surface area contributed by atoms with Crippen molar-refractivity contribution in [3.63, 3.8) is 0 Å². The molecule has 0 aromatic heterocycles. The molecule has 3 rings (SSSR count). The quantitative estimate of drug-likeness (QED) is 0.252. The Kier molecular flexibility index (Phi) is 8.82. The Balaban J connectivity index is 1.69. The zero-order chi connectivity index (χ0) is 25.3. The van der Waals surface area contributed by atoms with Gasteiger partial charge in [0.25, 0.3) is 15.9 Å². The molecule has 11 heteroatoms. The first-order valence-electron chi connectivity index (χ1n) is 10.2. The molecular weight excluding hydrogens is 494 g/mol. The van der Waals surface area contributed by atoms with Crippen LogP contribution in [0.2, 0.25) is 5.02 Å². The van der Waals surface area contributed by atoms with Crippen LogP contribution in [0.5, 0.6) is 5.75 Å². The number of benzene rings is 3. The second-order valence-corrected chi connectivity index (χ2v) is 9.33. The number of sulfonamides is 1. The van der Waals surface area contributed by atoms with Crippen molar-refractivity contribution in [2.24, 2.45) is 5.10 Å². The standard InChI is InChI=1S/C24H22ClN3O6S/c1-33-24(30)17-34-21-12-10-18(11-13-21)15-26-27-23(29)16-28(20-7-5-6-19(25)14-20)35(31,32)22-8-3-2-4-9-22/h2-15H,16-17H2,1H3,(H,27,29)/b26-15-. The van der Waals surface area contributed by atoms with Gasteiger partial charge in [0, 0.05) is 5.02 Å². The maximum Gasteiger partial charge on any atom is 0.343 e. The van der Waals surface area contributed by atoms with E-state index in [1.54, 1.807) is 60.7 Å². The number of hydrogen-bond donors (Lipinski definition) is 1. The summed E-state index contributed by atoms with van der Waals surface area (Å²) in [4.78, 5) is 23.7. The maximum atomic E-state index is 13.2. The SMILES string of the molecule is COC(=O)COc1ccc(/C=N\NC(=O)CN(c2cccc(Cl)c2)S(=O)(=O)c2ccccc2)cc1. The van der Waals surface area contributed by atoms with Crippen molar-refractivity contribution >= 4 is 45.4 Å². The van der Waals surface area contributed by atoms with Gasteiger partial charge in [-0.2, -0.15) is 5.10 Å². The van der Waals surface area contributed by atoms with E-state index in [4.69, 9.17) is 16.3 Å². The van der Waals surface area contributed by atoms with Crippen molar-refractivity contribution in [3.8, 4) is 5.75 Å². The van der Waals surface area contributed by atoms with E-state index in [0.717, 1.165) is 4.31 Å². The number of ether oxygens (including phenoxy) is 2. The number of hydrogen-bond acceptors (Lipinski definition) is 7. The predicted octanol–water partition coefficient (Wildman–Crippen LogP) is 3.24. The Bertz CT molecular complexity index is 1300. The molecule has 0 aliphatic heterocycles. The highest BCUT2D eigenvalue weighted by atomic mass is 35.5. The summed E-state index contributed by atoms with van der Waals surface area (Å²) >= 11 is 6.05. The van der Waals surface area contributed by atoms with Crippen molar-refractivity contribution < 1.29 is 27.5 Å². The van der Waals surface area contributed by atoms with Crippen molar-refractivity contribution in [2.75, 3.05) is 24.6 Å². The number of carbonyl (C=O) groups is 2. The van der Waals surface area contributed by atoms with Crippen LogP contribution in [0.3, 0.4) is 0 Å². The fourth-order valence-corrected chi connectivity index (χ4v) is 4.48. The molecule has 9 nitrogen and oxygen atoms in total. The van der Waals surface area contributed by atoms with Gasteiger partial charge < -0.3 is 9.47 Å². The van der Waals surface area contributed by atoms with Crippen molar-refractivity contribution in [3.05, 3.63) is 89.4 Å². The summed E-state index contributed by atoms with van der Waals surface area (Å²) in [6.07, 6.45) is 1.39. The van der Waals surface area contributed by atoms with Gasteiger partial charge in [0.05, 0.1) is 23.9 Å². The third-order valence-corrected chi connectivity index (χ3v) is 6.61. The number of carbonyl (C=O) groups excluding carboxylic acids is 2. The smallest absolute Gasteiger partial charge is 0.343 e. The minimum atomic E-state index is -4.05. The van der Waals surface area contributed by atoms with Crippen LogP contribution in [0.15, 0.2) is 88.9 Å². The predicted molar refractivity (Wildman–Crippen MR) is 132 cm³/mol. The highest BCUT2D eigenvalue weighted by Gasteiger charge is 2.27. The van der Waals surface area contributed by atoms with Crippen LogP contribution < -0.4 is 14.5 Å². The lowest BCUT2D eigenvalue weighted by Crippen LogP contribution is -2.39. The number of nitrogens with zero attached hydrogens (tertiary/aromatic N) is 2. The molecule has 3 aromatic rings. The zero-order valence-corrected chi connectivity index (χ0v) is 20.2. The van der Waals surface area contributed by atoms with Crippen LogP contribution in [0.25, 0.3) is 0 Å². The molecule has 0 atom stereocenters. The molecule has 35 heavy (non-hydrogen) atoms. The zero-order valence-electron chi connectivity index (χ0n) is 18.6. The van der Waals surface area contributed by atoms with Gasteiger partial charge in [-0.1, -0.05) is 35.9 Å². The second kappa shape index (κ2) is 12.0. The van der Waals surface area contributed by atoms with E-state index in [1.807, 2.05) is 0 Å². The molecule has 0 heterocycles. The van der Waals surface area contributed by atoms with Crippen LogP contribution in [-0.2, 0) is 24.3 Å². The second-order valence-electron chi connectivity index (χ2n) is 7.03. The Morgan fingerprint density at radius 2 is 1.74 bits per heavy atom. The fraction of sp³-hybridized carbons (Fsp3) is 0.125. The molecule has 0 unspecified atom stereocenters. The van der Waals surface area contributed by atoms with Gasteiger partial charge in [-0.25, -0.2) is 18.6 Å². The number of hydrazone groups is 1. The number of rotatable bonds is 10. The van der Waals surface area contributed by atoms with Crippen molar-refractivity contribution in [2.45, 2.75) is 4.90 Å². The summed E-state index contributed by atoms with van der Waals surface area (Å²) in [6, 6.07) is 20.6. The van der Waals surface area contributed by atoms with Crippen LogP contribution in [-0.4, -0.2) is 46.8 Å². The molecule has 0 spiro atoms. The molecule has 0 aliphatic rings. The lowest BCUT2D eigenvalue weighted by Gasteiger charge is -2.23. The average molecular weight is 516 g/mol. The van der Waals surface area contributed by atoms with E-state index < -0.39 is 28.4 Å². The summed E-state index contributed by atoms with van der Waals surface area (Å²) in [6.45, 7) is -0.732. The van der Waals surface area contributed by atoms with Gasteiger partial charge in [-0.3, -0.25) is 9.10 Å². The molecule has 182 valence electrons. The molecule has 0 fully saturated rings. The number of methoxy groups -OCH3 is 1. The third kappa shape index (κ3) is 7.29. The number of nitrogens with one attached hydrogen (secondary N) is 1. The minimum Gasteiger partial charge on any atom is -0.482 e. The number of amides is 1.